The molecule has 146 valence electrons. The molecule has 1 amide bonds. The van der Waals surface area contributed by atoms with Gasteiger partial charge < -0.3 is 14.6 Å². The lowest BCUT2D eigenvalue weighted by Gasteiger charge is -2.24. The van der Waals surface area contributed by atoms with Gasteiger partial charge in [-0.05, 0) is 11.5 Å². The number of amides is 1. The summed E-state index contributed by atoms with van der Waals surface area (Å²) in [7, 11) is -3.65. The SMILES string of the molecule is CC(CNC(=O)Cn1cnc(S(=O)(=O)N2CCOCC2)c1)c1ccccc1. The van der Waals surface area contributed by atoms with Crippen LogP contribution in [0.5, 0.6) is 0 Å². The highest BCUT2D eigenvalue weighted by atomic mass is 32.2. The second-order valence-corrected chi connectivity index (χ2v) is 8.40. The topological polar surface area (TPSA) is 93.5 Å². The van der Waals surface area contributed by atoms with Crippen molar-refractivity contribution in [1.29, 1.82) is 0 Å². The fraction of sp³-hybridized carbons (Fsp3) is 0.444. The van der Waals surface area contributed by atoms with Crippen molar-refractivity contribution in [3.05, 3.63) is 48.4 Å². The first-order valence-electron chi connectivity index (χ1n) is 8.88. The molecule has 0 aliphatic carbocycles. The second kappa shape index (κ2) is 8.64. The highest BCUT2D eigenvalue weighted by Crippen LogP contribution is 2.15. The quantitative estimate of drug-likeness (QED) is 0.753. The molecule has 3 rings (SSSR count). The molecule has 1 aromatic carbocycles. The van der Waals surface area contributed by atoms with E-state index in [1.165, 1.54) is 21.4 Å². The summed E-state index contributed by atoms with van der Waals surface area (Å²) in [6.07, 6.45) is 2.76. The van der Waals surface area contributed by atoms with Crippen molar-refractivity contribution in [2.45, 2.75) is 24.4 Å². The van der Waals surface area contributed by atoms with Crippen molar-refractivity contribution in [3.8, 4) is 0 Å². The molecule has 0 bridgehead atoms. The average molecular weight is 392 g/mol. The number of morpholine rings is 1. The number of hydrogen-bond acceptors (Lipinski definition) is 5. The number of nitrogens with one attached hydrogen (secondary N) is 1. The Hall–Kier alpha value is -2.23. The summed E-state index contributed by atoms with van der Waals surface area (Å²) >= 11 is 0. The number of nitrogens with zero attached hydrogens (tertiary/aromatic N) is 3. The molecule has 1 aliphatic heterocycles. The first-order chi connectivity index (χ1) is 13.0. The third-order valence-corrected chi connectivity index (χ3v) is 6.27. The molecule has 0 spiro atoms. The van der Waals surface area contributed by atoms with Gasteiger partial charge in [-0.2, -0.15) is 4.31 Å². The molecule has 8 nitrogen and oxygen atoms in total. The summed E-state index contributed by atoms with van der Waals surface area (Å²) in [4.78, 5) is 16.1. The molecule has 0 radical (unpaired) electrons. The molecule has 1 aromatic heterocycles. The van der Waals surface area contributed by atoms with Crippen LogP contribution in [0.2, 0.25) is 0 Å². The summed E-state index contributed by atoms with van der Waals surface area (Å²) in [5.74, 6) is 0.000646. The maximum absolute atomic E-state index is 12.6. The van der Waals surface area contributed by atoms with Gasteiger partial charge in [0, 0.05) is 25.8 Å². The van der Waals surface area contributed by atoms with Gasteiger partial charge in [0.05, 0.1) is 19.5 Å². The second-order valence-electron chi connectivity index (χ2n) is 6.52. The Morgan fingerprint density at radius 3 is 2.67 bits per heavy atom. The molecule has 0 saturated carbocycles. The zero-order valence-corrected chi connectivity index (χ0v) is 16.1. The maximum atomic E-state index is 12.6. The number of carbonyl (C=O) groups excluding carboxylic acids is 1. The predicted molar refractivity (Wildman–Crippen MR) is 99.7 cm³/mol. The highest BCUT2D eigenvalue weighted by Gasteiger charge is 2.28. The Morgan fingerprint density at radius 1 is 1.26 bits per heavy atom. The third-order valence-electron chi connectivity index (χ3n) is 4.48. The molecule has 9 heteroatoms. The van der Waals surface area contributed by atoms with Crippen molar-refractivity contribution in [3.63, 3.8) is 0 Å². The van der Waals surface area contributed by atoms with Crippen LogP contribution in [-0.2, 0) is 26.1 Å². The van der Waals surface area contributed by atoms with Crippen LogP contribution in [0.25, 0.3) is 0 Å². The van der Waals surface area contributed by atoms with Crippen LogP contribution in [0.4, 0.5) is 0 Å². The molecule has 1 unspecified atom stereocenters. The number of benzene rings is 1. The summed E-state index contributed by atoms with van der Waals surface area (Å²) in [5.41, 5.74) is 1.15. The van der Waals surface area contributed by atoms with E-state index in [1.54, 1.807) is 0 Å². The van der Waals surface area contributed by atoms with Gasteiger partial charge in [0.25, 0.3) is 10.0 Å². The predicted octanol–water partition coefficient (Wildman–Crippen LogP) is 0.824. The van der Waals surface area contributed by atoms with Crippen LogP contribution >= 0.6 is 0 Å². The lowest BCUT2D eigenvalue weighted by molar-refractivity contribution is -0.121. The Balaban J connectivity index is 1.55. The molecule has 1 atom stereocenters. The normalized spacial score (nSPS) is 16.8. The van der Waals surface area contributed by atoms with Gasteiger partial charge in [-0.15, -0.1) is 0 Å². The van der Waals surface area contributed by atoms with E-state index < -0.39 is 10.0 Å². The van der Waals surface area contributed by atoms with Crippen molar-refractivity contribution in [2.75, 3.05) is 32.8 Å². The molecular formula is C18H24N4O4S. The number of aromatic nitrogens is 2. The highest BCUT2D eigenvalue weighted by molar-refractivity contribution is 7.89. The summed E-state index contributed by atoms with van der Waals surface area (Å²) in [6, 6.07) is 9.94. The maximum Gasteiger partial charge on any atom is 0.262 e. The minimum absolute atomic E-state index is 0.0210. The van der Waals surface area contributed by atoms with Gasteiger partial charge in [0.1, 0.15) is 6.54 Å². The van der Waals surface area contributed by atoms with E-state index in [4.69, 9.17) is 4.74 Å². The van der Waals surface area contributed by atoms with Crippen LogP contribution in [0.1, 0.15) is 18.4 Å². The zero-order valence-electron chi connectivity index (χ0n) is 15.2. The van der Waals surface area contributed by atoms with Crippen LogP contribution in [0, 0.1) is 0 Å². The number of sulfonamides is 1. The molecule has 27 heavy (non-hydrogen) atoms. The summed E-state index contributed by atoms with van der Waals surface area (Å²) in [6.45, 7) is 3.95. The largest absolute Gasteiger partial charge is 0.379 e. The van der Waals surface area contributed by atoms with Gasteiger partial charge in [0.2, 0.25) is 5.91 Å². The fourth-order valence-electron chi connectivity index (χ4n) is 2.87. The monoisotopic (exact) mass is 392 g/mol. The van der Waals surface area contributed by atoms with E-state index in [0.717, 1.165) is 5.56 Å². The Morgan fingerprint density at radius 2 is 1.96 bits per heavy atom. The lowest BCUT2D eigenvalue weighted by atomic mass is 10.0. The minimum atomic E-state index is -3.65. The Bertz CT molecular complexity index is 860. The number of hydrogen-bond donors (Lipinski definition) is 1. The van der Waals surface area contributed by atoms with Crippen molar-refractivity contribution in [1.82, 2.24) is 19.2 Å². The van der Waals surface area contributed by atoms with E-state index in [2.05, 4.69) is 10.3 Å². The van der Waals surface area contributed by atoms with Crippen molar-refractivity contribution in [2.24, 2.45) is 0 Å². The van der Waals surface area contributed by atoms with Crippen molar-refractivity contribution >= 4 is 15.9 Å². The fourth-order valence-corrected chi connectivity index (χ4v) is 4.21. The van der Waals surface area contributed by atoms with E-state index in [1.807, 2.05) is 37.3 Å². The van der Waals surface area contributed by atoms with Gasteiger partial charge in [0.15, 0.2) is 5.03 Å². The van der Waals surface area contributed by atoms with Gasteiger partial charge >= 0.3 is 0 Å². The van der Waals surface area contributed by atoms with E-state index in [0.29, 0.717) is 32.8 Å². The van der Waals surface area contributed by atoms with E-state index in [9.17, 15) is 13.2 Å². The Labute approximate surface area is 159 Å². The summed E-state index contributed by atoms with van der Waals surface area (Å²) in [5, 5.41) is 2.83. The van der Waals surface area contributed by atoms with Crippen LogP contribution < -0.4 is 5.32 Å². The third kappa shape index (κ3) is 4.94. The summed E-state index contributed by atoms with van der Waals surface area (Å²) < 4.78 is 33.1. The number of carbonyl (C=O) groups is 1. The molecule has 1 N–H and O–H groups in total. The molecule has 1 fully saturated rings. The molecular weight excluding hydrogens is 368 g/mol. The first kappa shape index (κ1) is 19.5. The van der Waals surface area contributed by atoms with Gasteiger partial charge in [-0.25, -0.2) is 13.4 Å². The van der Waals surface area contributed by atoms with Gasteiger partial charge in [-0.1, -0.05) is 37.3 Å². The average Bonchev–Trinajstić information content (AvgIpc) is 3.17. The van der Waals surface area contributed by atoms with Crippen molar-refractivity contribution < 1.29 is 17.9 Å². The van der Waals surface area contributed by atoms with E-state index >= 15 is 0 Å². The first-order valence-corrected chi connectivity index (χ1v) is 10.3. The van der Waals surface area contributed by atoms with Crippen LogP contribution in [-0.4, -0.2) is 61.0 Å². The minimum Gasteiger partial charge on any atom is -0.379 e. The number of rotatable bonds is 7. The van der Waals surface area contributed by atoms with Gasteiger partial charge in [-0.3, -0.25) is 4.79 Å². The molecule has 2 aromatic rings. The lowest BCUT2D eigenvalue weighted by Crippen LogP contribution is -2.40. The van der Waals surface area contributed by atoms with Crippen LogP contribution in [0.15, 0.2) is 47.9 Å². The number of ether oxygens (including phenoxy) is 1. The van der Waals surface area contributed by atoms with E-state index in [-0.39, 0.29) is 23.4 Å². The molecule has 1 aliphatic rings. The zero-order chi connectivity index (χ0) is 19.3. The standard InChI is InChI=1S/C18H24N4O4S/c1-15(16-5-3-2-4-6-16)11-19-17(23)12-21-13-18(20-14-21)27(24,25)22-7-9-26-10-8-22/h2-6,13-15H,7-12H2,1H3,(H,19,23). The Kier molecular flexibility index (Phi) is 6.25. The molecule has 2 heterocycles. The smallest absolute Gasteiger partial charge is 0.262 e. The molecule has 1 saturated heterocycles. The number of imidazole rings is 1. The van der Waals surface area contributed by atoms with Crippen LogP contribution in [0.3, 0.4) is 0 Å².